The number of nitrogens with one attached hydrogen (secondary N) is 2. The topological polar surface area (TPSA) is 70.7 Å². The molecular formula is C27H31N3O3. The Morgan fingerprint density at radius 3 is 2.70 bits per heavy atom. The summed E-state index contributed by atoms with van der Waals surface area (Å²) >= 11 is 0. The molecule has 2 N–H and O–H groups in total. The molecule has 0 aliphatic carbocycles. The van der Waals surface area contributed by atoms with Crippen molar-refractivity contribution in [3.8, 4) is 5.75 Å². The molecule has 2 atom stereocenters. The molecule has 1 heterocycles. The number of ether oxygens (including phenoxy) is 1. The lowest BCUT2D eigenvalue weighted by Gasteiger charge is -2.28. The van der Waals surface area contributed by atoms with Gasteiger partial charge in [0.25, 0.3) is 0 Å². The van der Waals surface area contributed by atoms with Crippen LogP contribution in [0.25, 0.3) is 10.8 Å². The number of carbonyl (C=O) groups excluding carboxylic acids is 2. The quantitative estimate of drug-likeness (QED) is 0.607. The minimum atomic E-state index is -0.594. The standard InChI is InChI=1S/C27H31N3O3/c1-17-9-10-19-12-14-25(33-4)22(21(19)15-17)16-30-24-8-6-5-7-20(24)11-13-23(27(30)32)29-26(31)18(2)28-3/h5-10,12,14-15,18,23,28H,11,13,16H2,1-4H3,(H,29,31)/t18-,23?/m0/s1. The number of rotatable bonds is 6. The monoisotopic (exact) mass is 445 g/mol. The summed E-state index contributed by atoms with van der Waals surface area (Å²) < 4.78 is 5.71. The lowest BCUT2D eigenvalue weighted by atomic mass is 10.00. The van der Waals surface area contributed by atoms with Crippen molar-refractivity contribution >= 4 is 28.3 Å². The van der Waals surface area contributed by atoms with Crippen LogP contribution in [0.1, 0.15) is 30.0 Å². The number of anilines is 1. The molecule has 0 saturated carbocycles. The molecule has 4 rings (SSSR count). The van der Waals surface area contributed by atoms with Crippen LogP contribution in [0.2, 0.25) is 0 Å². The van der Waals surface area contributed by atoms with Gasteiger partial charge >= 0.3 is 0 Å². The number of amides is 2. The number of likely N-dealkylation sites (N-methyl/N-ethyl adjacent to an activating group) is 1. The molecule has 0 saturated heterocycles. The maximum Gasteiger partial charge on any atom is 0.249 e. The van der Waals surface area contributed by atoms with E-state index >= 15 is 0 Å². The third-order valence-corrected chi connectivity index (χ3v) is 6.47. The highest BCUT2D eigenvalue weighted by Crippen LogP contribution is 2.34. The number of methoxy groups -OCH3 is 1. The van der Waals surface area contributed by atoms with Gasteiger partial charge in [0.15, 0.2) is 0 Å². The van der Waals surface area contributed by atoms with Crippen LogP contribution in [0.3, 0.4) is 0 Å². The number of benzene rings is 3. The second-order valence-electron chi connectivity index (χ2n) is 8.63. The van der Waals surface area contributed by atoms with Gasteiger partial charge in [-0.3, -0.25) is 9.59 Å². The molecule has 1 unspecified atom stereocenters. The summed E-state index contributed by atoms with van der Waals surface area (Å²) in [6.07, 6.45) is 1.27. The van der Waals surface area contributed by atoms with Crippen molar-refractivity contribution in [1.82, 2.24) is 10.6 Å². The maximum absolute atomic E-state index is 13.8. The van der Waals surface area contributed by atoms with E-state index in [4.69, 9.17) is 4.74 Å². The average Bonchev–Trinajstić information content (AvgIpc) is 2.96. The molecule has 33 heavy (non-hydrogen) atoms. The zero-order chi connectivity index (χ0) is 23.5. The predicted octanol–water partition coefficient (Wildman–Crippen LogP) is 3.73. The number of fused-ring (bicyclic) bond motifs is 2. The normalized spacial score (nSPS) is 16.8. The highest BCUT2D eigenvalue weighted by Gasteiger charge is 2.32. The van der Waals surface area contributed by atoms with Gasteiger partial charge in [0.05, 0.1) is 19.7 Å². The summed E-state index contributed by atoms with van der Waals surface area (Å²) in [5.74, 6) is 0.454. The van der Waals surface area contributed by atoms with Crippen molar-refractivity contribution in [3.05, 3.63) is 71.3 Å². The summed E-state index contributed by atoms with van der Waals surface area (Å²) in [6, 6.07) is 17.3. The first-order chi connectivity index (χ1) is 15.9. The molecule has 2 amide bonds. The third kappa shape index (κ3) is 4.57. The molecule has 0 bridgehead atoms. The SMILES string of the molecule is CN[C@@H](C)C(=O)NC1CCc2ccccc2N(Cc2c(OC)ccc3ccc(C)cc23)C1=O. The van der Waals surface area contributed by atoms with Crippen LogP contribution in [-0.4, -0.2) is 38.1 Å². The van der Waals surface area contributed by atoms with Crippen LogP contribution in [0.5, 0.6) is 5.75 Å². The van der Waals surface area contributed by atoms with Gasteiger partial charge in [0, 0.05) is 11.3 Å². The van der Waals surface area contributed by atoms with Crippen LogP contribution in [0, 0.1) is 6.92 Å². The fraction of sp³-hybridized carbons (Fsp3) is 0.333. The number of carbonyl (C=O) groups is 2. The number of para-hydroxylation sites is 1. The van der Waals surface area contributed by atoms with E-state index < -0.39 is 6.04 Å². The van der Waals surface area contributed by atoms with Gasteiger partial charge in [-0.25, -0.2) is 0 Å². The van der Waals surface area contributed by atoms with E-state index in [1.807, 2.05) is 30.3 Å². The molecule has 3 aromatic carbocycles. The summed E-state index contributed by atoms with van der Waals surface area (Å²) in [7, 11) is 3.39. The number of hydrogen-bond donors (Lipinski definition) is 2. The van der Waals surface area contributed by atoms with Crippen molar-refractivity contribution in [2.45, 2.75) is 45.3 Å². The van der Waals surface area contributed by atoms with E-state index in [2.05, 4.69) is 41.8 Å². The molecule has 172 valence electrons. The largest absolute Gasteiger partial charge is 0.496 e. The Morgan fingerprint density at radius 1 is 1.18 bits per heavy atom. The molecule has 6 heteroatoms. The van der Waals surface area contributed by atoms with E-state index in [0.29, 0.717) is 19.4 Å². The van der Waals surface area contributed by atoms with Crippen LogP contribution >= 0.6 is 0 Å². The molecule has 6 nitrogen and oxygen atoms in total. The molecule has 0 fully saturated rings. The highest BCUT2D eigenvalue weighted by molar-refractivity contribution is 6.01. The predicted molar refractivity (Wildman–Crippen MR) is 132 cm³/mol. The van der Waals surface area contributed by atoms with Gasteiger partial charge in [0.1, 0.15) is 11.8 Å². The lowest BCUT2D eigenvalue weighted by molar-refractivity contribution is -0.128. The molecule has 1 aliphatic heterocycles. The molecule has 0 spiro atoms. The average molecular weight is 446 g/mol. The van der Waals surface area contributed by atoms with E-state index in [1.165, 1.54) is 0 Å². The molecule has 3 aromatic rings. The summed E-state index contributed by atoms with van der Waals surface area (Å²) in [5, 5.41) is 8.06. The highest BCUT2D eigenvalue weighted by atomic mass is 16.5. The Balaban J connectivity index is 1.78. The zero-order valence-electron chi connectivity index (χ0n) is 19.6. The van der Waals surface area contributed by atoms with Crippen molar-refractivity contribution in [1.29, 1.82) is 0 Å². The van der Waals surface area contributed by atoms with Crippen molar-refractivity contribution < 1.29 is 14.3 Å². The summed E-state index contributed by atoms with van der Waals surface area (Å²) in [6.45, 7) is 4.20. The summed E-state index contributed by atoms with van der Waals surface area (Å²) in [5.41, 5.74) is 4.08. The van der Waals surface area contributed by atoms with E-state index in [0.717, 1.165) is 38.9 Å². The first-order valence-corrected chi connectivity index (χ1v) is 11.4. The lowest BCUT2D eigenvalue weighted by Crippen LogP contribution is -2.52. The Morgan fingerprint density at radius 2 is 1.94 bits per heavy atom. The number of hydrogen-bond acceptors (Lipinski definition) is 4. The minimum Gasteiger partial charge on any atom is -0.496 e. The van der Waals surface area contributed by atoms with Gasteiger partial charge in [-0.05, 0) is 62.2 Å². The van der Waals surface area contributed by atoms with Crippen LogP contribution < -0.4 is 20.3 Å². The summed E-state index contributed by atoms with van der Waals surface area (Å²) in [4.78, 5) is 28.2. The first-order valence-electron chi connectivity index (χ1n) is 11.4. The van der Waals surface area contributed by atoms with Gasteiger partial charge < -0.3 is 20.3 Å². The third-order valence-electron chi connectivity index (χ3n) is 6.47. The van der Waals surface area contributed by atoms with Crippen LogP contribution in [0.15, 0.2) is 54.6 Å². The van der Waals surface area contributed by atoms with Gasteiger partial charge in [0.2, 0.25) is 11.8 Å². The second-order valence-corrected chi connectivity index (χ2v) is 8.63. The van der Waals surface area contributed by atoms with Crippen molar-refractivity contribution in [2.24, 2.45) is 0 Å². The second kappa shape index (κ2) is 9.63. The van der Waals surface area contributed by atoms with Gasteiger partial charge in [-0.2, -0.15) is 0 Å². The Labute approximate surface area is 194 Å². The van der Waals surface area contributed by atoms with Gasteiger partial charge in [-0.15, -0.1) is 0 Å². The van der Waals surface area contributed by atoms with E-state index in [9.17, 15) is 9.59 Å². The molecular weight excluding hydrogens is 414 g/mol. The minimum absolute atomic E-state index is 0.108. The van der Waals surface area contributed by atoms with Crippen molar-refractivity contribution in [3.63, 3.8) is 0 Å². The molecule has 0 radical (unpaired) electrons. The van der Waals surface area contributed by atoms with E-state index in [1.54, 1.807) is 26.0 Å². The van der Waals surface area contributed by atoms with Gasteiger partial charge in [-0.1, -0.05) is 48.0 Å². The van der Waals surface area contributed by atoms with Crippen LogP contribution in [0.4, 0.5) is 5.69 Å². The van der Waals surface area contributed by atoms with Crippen LogP contribution in [-0.2, 0) is 22.6 Å². The fourth-order valence-corrected chi connectivity index (χ4v) is 4.43. The molecule has 0 aromatic heterocycles. The zero-order valence-corrected chi connectivity index (χ0v) is 19.6. The van der Waals surface area contributed by atoms with Crippen molar-refractivity contribution in [2.75, 3.05) is 19.1 Å². The fourth-order valence-electron chi connectivity index (χ4n) is 4.43. The smallest absolute Gasteiger partial charge is 0.249 e. The Bertz CT molecular complexity index is 1190. The Kier molecular flexibility index (Phi) is 6.65. The number of aryl methyl sites for hydroxylation is 2. The first kappa shape index (κ1) is 22.8. The van der Waals surface area contributed by atoms with E-state index in [-0.39, 0.29) is 17.9 Å². The number of nitrogens with zero attached hydrogens (tertiary/aromatic N) is 1. The Hall–Kier alpha value is -3.38. The maximum atomic E-state index is 13.8. The molecule has 1 aliphatic rings.